The van der Waals surface area contributed by atoms with Gasteiger partial charge in [-0.3, -0.25) is 4.90 Å². The number of aromatic amines is 1. The molecule has 0 atom stereocenters. The number of allylic oxidation sites excluding steroid dienone is 1. The summed E-state index contributed by atoms with van der Waals surface area (Å²) >= 11 is 0. The van der Waals surface area contributed by atoms with Crippen LogP contribution in [-0.4, -0.2) is 47.7 Å². The lowest BCUT2D eigenvalue weighted by Gasteiger charge is -2.26. The van der Waals surface area contributed by atoms with Gasteiger partial charge in [-0.1, -0.05) is 12.2 Å². The van der Waals surface area contributed by atoms with Crippen LogP contribution in [0, 0.1) is 6.92 Å². The van der Waals surface area contributed by atoms with Crippen LogP contribution in [0.5, 0.6) is 0 Å². The molecule has 2 aliphatic rings. The summed E-state index contributed by atoms with van der Waals surface area (Å²) in [6.45, 7) is 6.75. The van der Waals surface area contributed by atoms with Gasteiger partial charge in [-0.15, -0.1) is 0 Å². The van der Waals surface area contributed by atoms with Crippen molar-refractivity contribution in [3.05, 3.63) is 34.9 Å². The maximum absolute atomic E-state index is 5.38. The number of aromatic nitrogens is 2. The lowest BCUT2D eigenvalue weighted by Crippen LogP contribution is -2.37. The molecule has 0 aromatic carbocycles. The van der Waals surface area contributed by atoms with Crippen molar-refractivity contribution in [3.8, 4) is 0 Å². The minimum Gasteiger partial charge on any atom is -0.379 e. The van der Waals surface area contributed by atoms with Crippen LogP contribution < -0.4 is 0 Å². The highest BCUT2D eigenvalue weighted by molar-refractivity contribution is 5.57. The standard InChI is InChI=1S/C14H19N3O/c1-11-15-13-4-2-3-12(9-14(13)16-11)10-17-5-7-18-8-6-17/h2-3,9H,4-8,10H2,1H3,(H,15,16). The van der Waals surface area contributed by atoms with E-state index < -0.39 is 0 Å². The third-order valence-electron chi connectivity index (χ3n) is 3.42. The molecule has 1 aliphatic heterocycles. The Balaban J connectivity index is 1.76. The normalized spacial score (nSPS) is 20.4. The van der Waals surface area contributed by atoms with Crippen molar-refractivity contribution in [1.82, 2.24) is 14.9 Å². The van der Waals surface area contributed by atoms with Crippen LogP contribution in [0.25, 0.3) is 6.08 Å². The summed E-state index contributed by atoms with van der Waals surface area (Å²) in [5.74, 6) is 0.997. The Bertz CT molecular complexity index is 481. The van der Waals surface area contributed by atoms with Gasteiger partial charge in [-0.05, 0) is 18.6 Å². The molecule has 1 fully saturated rings. The first-order chi connectivity index (χ1) is 8.81. The van der Waals surface area contributed by atoms with Gasteiger partial charge in [0, 0.05) is 31.7 Å². The molecule has 1 N–H and O–H groups in total. The predicted octanol–water partition coefficient (Wildman–Crippen LogP) is 1.55. The molecule has 0 spiro atoms. The van der Waals surface area contributed by atoms with E-state index in [4.69, 9.17) is 4.74 Å². The van der Waals surface area contributed by atoms with Crippen LogP contribution in [0.15, 0.2) is 17.7 Å². The molecular weight excluding hydrogens is 226 g/mol. The Morgan fingerprint density at radius 1 is 1.39 bits per heavy atom. The molecule has 1 aliphatic carbocycles. The van der Waals surface area contributed by atoms with Crippen LogP contribution >= 0.6 is 0 Å². The molecule has 0 radical (unpaired) electrons. The first-order valence-corrected chi connectivity index (χ1v) is 6.54. The molecule has 1 aromatic rings. The van der Waals surface area contributed by atoms with E-state index in [0.29, 0.717) is 0 Å². The number of fused-ring (bicyclic) bond motifs is 1. The van der Waals surface area contributed by atoms with Crippen molar-refractivity contribution in [2.75, 3.05) is 32.8 Å². The molecule has 0 unspecified atom stereocenters. The third kappa shape index (κ3) is 2.54. The first kappa shape index (κ1) is 11.7. The van der Waals surface area contributed by atoms with E-state index in [1.165, 1.54) is 11.3 Å². The zero-order valence-corrected chi connectivity index (χ0v) is 10.8. The first-order valence-electron chi connectivity index (χ1n) is 6.54. The van der Waals surface area contributed by atoms with Gasteiger partial charge in [0.25, 0.3) is 0 Å². The molecule has 4 nitrogen and oxygen atoms in total. The molecule has 96 valence electrons. The highest BCUT2D eigenvalue weighted by atomic mass is 16.5. The van der Waals surface area contributed by atoms with Crippen LogP contribution in [-0.2, 0) is 11.2 Å². The van der Waals surface area contributed by atoms with Crippen molar-refractivity contribution in [2.24, 2.45) is 0 Å². The summed E-state index contributed by atoms with van der Waals surface area (Å²) in [7, 11) is 0. The number of morpholine rings is 1. The lowest BCUT2D eigenvalue weighted by molar-refractivity contribution is 0.0427. The minimum absolute atomic E-state index is 0.851. The van der Waals surface area contributed by atoms with Gasteiger partial charge in [-0.2, -0.15) is 0 Å². The predicted molar refractivity (Wildman–Crippen MR) is 71.4 cm³/mol. The van der Waals surface area contributed by atoms with Gasteiger partial charge in [0.15, 0.2) is 0 Å². The Morgan fingerprint density at radius 2 is 2.22 bits per heavy atom. The zero-order valence-electron chi connectivity index (χ0n) is 10.8. The third-order valence-corrected chi connectivity index (χ3v) is 3.42. The molecule has 0 saturated carbocycles. The summed E-state index contributed by atoms with van der Waals surface area (Å²) in [5.41, 5.74) is 3.66. The van der Waals surface area contributed by atoms with E-state index >= 15 is 0 Å². The molecular formula is C14H19N3O. The Morgan fingerprint density at radius 3 is 3.06 bits per heavy atom. The SMILES string of the molecule is Cc1nc2c([nH]1)CC=CC(CN1CCOCC1)=C2. The molecule has 2 heterocycles. The van der Waals surface area contributed by atoms with Crippen LogP contribution in [0.4, 0.5) is 0 Å². The van der Waals surface area contributed by atoms with E-state index in [1.807, 2.05) is 6.92 Å². The Kier molecular flexibility index (Phi) is 3.30. The second-order valence-electron chi connectivity index (χ2n) is 4.90. The lowest BCUT2D eigenvalue weighted by atomic mass is 10.2. The number of hydrogen-bond donors (Lipinski definition) is 1. The highest BCUT2D eigenvalue weighted by Gasteiger charge is 2.13. The van der Waals surface area contributed by atoms with Gasteiger partial charge in [-0.25, -0.2) is 4.98 Å². The van der Waals surface area contributed by atoms with Crippen molar-refractivity contribution >= 4 is 6.08 Å². The number of nitrogens with one attached hydrogen (secondary N) is 1. The summed E-state index contributed by atoms with van der Waals surface area (Å²) < 4.78 is 5.38. The van der Waals surface area contributed by atoms with Crippen LogP contribution in [0.2, 0.25) is 0 Å². The van der Waals surface area contributed by atoms with E-state index in [-0.39, 0.29) is 0 Å². The monoisotopic (exact) mass is 245 g/mol. The fraction of sp³-hybridized carbons (Fsp3) is 0.500. The van der Waals surface area contributed by atoms with Gasteiger partial charge in [0.1, 0.15) is 5.82 Å². The highest BCUT2D eigenvalue weighted by Crippen LogP contribution is 2.17. The fourth-order valence-electron chi connectivity index (χ4n) is 2.50. The average molecular weight is 245 g/mol. The van der Waals surface area contributed by atoms with Crippen molar-refractivity contribution < 1.29 is 4.74 Å². The number of hydrogen-bond acceptors (Lipinski definition) is 3. The molecule has 0 amide bonds. The van der Waals surface area contributed by atoms with Gasteiger partial charge in [0.05, 0.1) is 18.9 Å². The van der Waals surface area contributed by atoms with Crippen molar-refractivity contribution in [1.29, 1.82) is 0 Å². The van der Waals surface area contributed by atoms with Crippen LogP contribution in [0.3, 0.4) is 0 Å². The van der Waals surface area contributed by atoms with E-state index in [2.05, 4.69) is 33.1 Å². The molecule has 1 saturated heterocycles. The zero-order chi connectivity index (χ0) is 12.4. The summed E-state index contributed by atoms with van der Waals surface area (Å²) in [6.07, 6.45) is 7.59. The van der Waals surface area contributed by atoms with Crippen LogP contribution in [0.1, 0.15) is 17.2 Å². The number of nitrogens with zero attached hydrogens (tertiary/aromatic N) is 2. The van der Waals surface area contributed by atoms with Gasteiger partial charge < -0.3 is 9.72 Å². The summed E-state index contributed by atoms with van der Waals surface area (Å²) in [5, 5.41) is 0. The molecule has 4 heteroatoms. The Labute approximate surface area is 107 Å². The minimum atomic E-state index is 0.851. The Hall–Kier alpha value is -1.39. The van der Waals surface area contributed by atoms with E-state index in [9.17, 15) is 0 Å². The number of H-pyrrole nitrogens is 1. The topological polar surface area (TPSA) is 41.2 Å². The molecule has 18 heavy (non-hydrogen) atoms. The second kappa shape index (κ2) is 5.08. The second-order valence-corrected chi connectivity index (χ2v) is 4.90. The summed E-state index contributed by atoms with van der Waals surface area (Å²) in [6, 6.07) is 0. The number of aryl methyl sites for hydroxylation is 1. The van der Waals surface area contributed by atoms with E-state index in [1.54, 1.807) is 0 Å². The van der Waals surface area contributed by atoms with Crippen molar-refractivity contribution in [3.63, 3.8) is 0 Å². The van der Waals surface area contributed by atoms with E-state index in [0.717, 1.165) is 50.8 Å². The number of rotatable bonds is 2. The number of ether oxygens (including phenoxy) is 1. The molecule has 3 rings (SSSR count). The molecule has 0 bridgehead atoms. The molecule has 1 aromatic heterocycles. The fourth-order valence-corrected chi connectivity index (χ4v) is 2.50. The smallest absolute Gasteiger partial charge is 0.103 e. The van der Waals surface area contributed by atoms with Crippen molar-refractivity contribution in [2.45, 2.75) is 13.3 Å². The number of imidazole rings is 1. The largest absolute Gasteiger partial charge is 0.379 e. The maximum atomic E-state index is 5.38. The summed E-state index contributed by atoms with van der Waals surface area (Å²) in [4.78, 5) is 10.3. The van der Waals surface area contributed by atoms with Gasteiger partial charge in [0.2, 0.25) is 0 Å². The quantitative estimate of drug-likeness (QED) is 0.859. The maximum Gasteiger partial charge on any atom is 0.103 e. The average Bonchev–Trinajstić information content (AvgIpc) is 2.60. The van der Waals surface area contributed by atoms with Gasteiger partial charge >= 0.3 is 0 Å².